The van der Waals surface area contributed by atoms with Gasteiger partial charge < -0.3 is 14.8 Å². The molecule has 1 N–H and O–H groups in total. The number of hydrogen-bond donors (Lipinski definition) is 1. The maximum absolute atomic E-state index is 11.8. The Morgan fingerprint density at radius 1 is 1.00 bits per heavy atom. The molecule has 0 saturated carbocycles. The molecular formula is C18H16ClNO5. The van der Waals surface area contributed by atoms with Crippen LogP contribution in [0, 0.1) is 0 Å². The van der Waals surface area contributed by atoms with Gasteiger partial charge in [-0.3, -0.25) is 9.59 Å². The molecule has 0 heterocycles. The Labute approximate surface area is 149 Å². The second kappa shape index (κ2) is 8.84. The van der Waals surface area contributed by atoms with E-state index < -0.39 is 24.5 Å². The average Bonchev–Trinajstić information content (AvgIpc) is 2.62. The third-order valence-electron chi connectivity index (χ3n) is 3.22. The van der Waals surface area contributed by atoms with Crippen molar-refractivity contribution >= 4 is 35.1 Å². The van der Waals surface area contributed by atoms with E-state index in [0.29, 0.717) is 16.3 Å². The summed E-state index contributed by atoms with van der Waals surface area (Å²) >= 11 is 5.77. The molecule has 2 aromatic rings. The summed E-state index contributed by atoms with van der Waals surface area (Å²) in [5.41, 5.74) is 1.59. The summed E-state index contributed by atoms with van der Waals surface area (Å²) in [7, 11) is 1.29. The van der Waals surface area contributed by atoms with Crippen molar-refractivity contribution in [3.8, 4) is 0 Å². The normalized spacial score (nSPS) is 10.0. The van der Waals surface area contributed by atoms with Crippen LogP contribution in [0.5, 0.6) is 0 Å². The standard InChI is InChI=1S/C18H16ClNO5/c1-24-18(23)13-4-8-15(9-5-13)20-16(21)11-25-17(22)10-12-2-6-14(19)7-3-12/h2-9H,10-11H2,1H3,(H,20,21). The molecule has 0 bridgehead atoms. The van der Waals surface area contributed by atoms with Crippen LogP contribution in [-0.2, 0) is 25.5 Å². The minimum atomic E-state index is -0.515. The summed E-state index contributed by atoms with van der Waals surface area (Å²) in [6.45, 7) is -0.398. The molecule has 0 aliphatic rings. The fraction of sp³-hybridized carbons (Fsp3) is 0.167. The molecule has 2 aromatic carbocycles. The molecule has 0 aliphatic carbocycles. The van der Waals surface area contributed by atoms with Crippen LogP contribution >= 0.6 is 11.6 Å². The van der Waals surface area contributed by atoms with E-state index in [2.05, 4.69) is 10.1 Å². The lowest BCUT2D eigenvalue weighted by molar-refractivity contribution is -0.146. The predicted octanol–water partition coefficient (Wildman–Crippen LogP) is 2.85. The highest BCUT2D eigenvalue weighted by Crippen LogP contribution is 2.11. The maximum Gasteiger partial charge on any atom is 0.337 e. The first kappa shape index (κ1) is 18.5. The van der Waals surface area contributed by atoms with Gasteiger partial charge in [0.05, 0.1) is 19.1 Å². The summed E-state index contributed by atoms with van der Waals surface area (Å²) in [6.07, 6.45) is 0.0538. The van der Waals surface area contributed by atoms with Crippen molar-refractivity contribution in [2.75, 3.05) is 19.0 Å². The van der Waals surface area contributed by atoms with E-state index >= 15 is 0 Å². The second-order valence-corrected chi connectivity index (χ2v) is 5.52. The molecular weight excluding hydrogens is 346 g/mol. The van der Waals surface area contributed by atoms with Crippen LogP contribution in [-0.4, -0.2) is 31.6 Å². The molecule has 0 atom stereocenters. The van der Waals surface area contributed by atoms with Gasteiger partial charge in [0.25, 0.3) is 5.91 Å². The molecule has 0 aromatic heterocycles. The van der Waals surface area contributed by atoms with Gasteiger partial charge in [0.2, 0.25) is 0 Å². The number of methoxy groups -OCH3 is 1. The zero-order chi connectivity index (χ0) is 18.2. The first-order valence-electron chi connectivity index (χ1n) is 7.36. The third kappa shape index (κ3) is 5.93. The first-order valence-corrected chi connectivity index (χ1v) is 7.74. The van der Waals surface area contributed by atoms with Gasteiger partial charge in [-0.25, -0.2) is 4.79 Å². The van der Waals surface area contributed by atoms with Crippen LogP contribution in [0.1, 0.15) is 15.9 Å². The number of rotatable bonds is 6. The smallest absolute Gasteiger partial charge is 0.337 e. The fourth-order valence-corrected chi connectivity index (χ4v) is 2.10. The van der Waals surface area contributed by atoms with E-state index in [-0.39, 0.29) is 6.42 Å². The zero-order valence-corrected chi connectivity index (χ0v) is 14.2. The van der Waals surface area contributed by atoms with Gasteiger partial charge in [-0.1, -0.05) is 23.7 Å². The van der Waals surface area contributed by atoms with Gasteiger partial charge in [-0.2, -0.15) is 0 Å². The largest absolute Gasteiger partial charge is 0.465 e. The fourth-order valence-electron chi connectivity index (χ4n) is 1.97. The van der Waals surface area contributed by atoms with Crippen LogP contribution in [0.25, 0.3) is 0 Å². The monoisotopic (exact) mass is 361 g/mol. The number of esters is 2. The van der Waals surface area contributed by atoms with Gasteiger partial charge in [0.1, 0.15) is 0 Å². The van der Waals surface area contributed by atoms with Crippen LogP contribution < -0.4 is 5.32 Å². The number of carbonyl (C=O) groups excluding carboxylic acids is 3. The molecule has 0 aliphatic heterocycles. The Morgan fingerprint density at radius 2 is 1.64 bits per heavy atom. The van der Waals surface area contributed by atoms with Gasteiger partial charge in [-0.15, -0.1) is 0 Å². The van der Waals surface area contributed by atoms with Crippen molar-refractivity contribution in [3.05, 3.63) is 64.7 Å². The minimum Gasteiger partial charge on any atom is -0.465 e. The highest BCUT2D eigenvalue weighted by molar-refractivity contribution is 6.30. The van der Waals surface area contributed by atoms with Gasteiger partial charge >= 0.3 is 11.9 Å². The van der Waals surface area contributed by atoms with E-state index in [1.807, 2.05) is 0 Å². The van der Waals surface area contributed by atoms with E-state index in [0.717, 1.165) is 5.56 Å². The number of anilines is 1. The lowest BCUT2D eigenvalue weighted by Crippen LogP contribution is -2.21. The molecule has 2 rings (SSSR count). The molecule has 0 saturated heterocycles. The highest BCUT2D eigenvalue weighted by atomic mass is 35.5. The van der Waals surface area contributed by atoms with Gasteiger partial charge in [-0.05, 0) is 42.0 Å². The minimum absolute atomic E-state index is 0.0538. The second-order valence-electron chi connectivity index (χ2n) is 5.08. The number of benzene rings is 2. The summed E-state index contributed by atoms with van der Waals surface area (Å²) < 4.78 is 9.52. The van der Waals surface area contributed by atoms with Crippen LogP contribution in [0.4, 0.5) is 5.69 Å². The molecule has 0 spiro atoms. The zero-order valence-electron chi connectivity index (χ0n) is 13.5. The van der Waals surface area contributed by atoms with E-state index in [1.165, 1.54) is 19.2 Å². The number of nitrogens with one attached hydrogen (secondary N) is 1. The molecule has 6 nitrogen and oxygen atoms in total. The molecule has 25 heavy (non-hydrogen) atoms. The number of ether oxygens (including phenoxy) is 2. The average molecular weight is 362 g/mol. The SMILES string of the molecule is COC(=O)c1ccc(NC(=O)COC(=O)Cc2ccc(Cl)cc2)cc1. The summed E-state index contributed by atoms with van der Waals surface area (Å²) in [6, 6.07) is 12.9. The van der Waals surface area contributed by atoms with Gasteiger partial charge in [0, 0.05) is 10.7 Å². The Hall–Kier alpha value is -2.86. The number of hydrogen-bond acceptors (Lipinski definition) is 5. The lowest BCUT2D eigenvalue weighted by Gasteiger charge is -2.07. The third-order valence-corrected chi connectivity index (χ3v) is 3.47. The Morgan fingerprint density at radius 3 is 2.24 bits per heavy atom. The lowest BCUT2D eigenvalue weighted by atomic mass is 10.1. The van der Waals surface area contributed by atoms with E-state index in [4.69, 9.17) is 16.3 Å². The molecule has 1 amide bonds. The number of halogens is 1. The van der Waals surface area contributed by atoms with Crippen molar-refractivity contribution in [2.45, 2.75) is 6.42 Å². The highest BCUT2D eigenvalue weighted by Gasteiger charge is 2.10. The molecule has 130 valence electrons. The maximum atomic E-state index is 11.8. The van der Waals surface area contributed by atoms with Crippen molar-refractivity contribution in [2.24, 2.45) is 0 Å². The Kier molecular flexibility index (Phi) is 6.54. The van der Waals surface area contributed by atoms with Gasteiger partial charge in [0.15, 0.2) is 6.61 Å². The summed E-state index contributed by atoms with van der Waals surface area (Å²) in [5.74, 6) is -1.46. The molecule has 7 heteroatoms. The summed E-state index contributed by atoms with van der Waals surface area (Å²) in [4.78, 5) is 34.8. The molecule has 0 radical (unpaired) electrons. The molecule has 0 unspecified atom stereocenters. The summed E-state index contributed by atoms with van der Waals surface area (Å²) in [5, 5.41) is 3.15. The topological polar surface area (TPSA) is 81.7 Å². The van der Waals surface area contributed by atoms with Crippen LogP contribution in [0.15, 0.2) is 48.5 Å². The Balaban J connectivity index is 1.79. The van der Waals surface area contributed by atoms with Crippen molar-refractivity contribution in [1.29, 1.82) is 0 Å². The van der Waals surface area contributed by atoms with Crippen molar-refractivity contribution in [3.63, 3.8) is 0 Å². The van der Waals surface area contributed by atoms with Crippen LogP contribution in [0.2, 0.25) is 5.02 Å². The predicted molar refractivity (Wildman–Crippen MR) is 92.5 cm³/mol. The molecule has 0 fully saturated rings. The van der Waals surface area contributed by atoms with E-state index in [9.17, 15) is 14.4 Å². The number of carbonyl (C=O) groups is 3. The first-order chi connectivity index (χ1) is 12.0. The van der Waals surface area contributed by atoms with Crippen LogP contribution in [0.3, 0.4) is 0 Å². The van der Waals surface area contributed by atoms with E-state index in [1.54, 1.807) is 36.4 Å². The van der Waals surface area contributed by atoms with Crippen molar-refractivity contribution in [1.82, 2.24) is 0 Å². The number of amides is 1. The quantitative estimate of drug-likeness (QED) is 0.800. The Bertz CT molecular complexity index is 756. The van der Waals surface area contributed by atoms with Crippen molar-refractivity contribution < 1.29 is 23.9 Å².